The van der Waals surface area contributed by atoms with Crippen LogP contribution in [-0.4, -0.2) is 42.1 Å². The van der Waals surface area contributed by atoms with E-state index in [1.165, 1.54) is 0 Å². The third-order valence-electron chi connectivity index (χ3n) is 3.93. The molecule has 0 radical (unpaired) electrons. The Labute approximate surface area is 114 Å². The van der Waals surface area contributed by atoms with Gasteiger partial charge in [-0.1, -0.05) is 30.3 Å². The molecule has 19 heavy (non-hydrogen) atoms. The van der Waals surface area contributed by atoms with Gasteiger partial charge in [0.25, 0.3) is 0 Å². The SMILES string of the molecule is N=C(N)C(CN1CCC(CCO)C1)c1ccccc1. The van der Waals surface area contributed by atoms with Gasteiger partial charge in [-0.2, -0.15) is 0 Å². The van der Waals surface area contributed by atoms with Gasteiger partial charge in [-0.25, -0.2) is 0 Å². The van der Waals surface area contributed by atoms with Crippen molar-refractivity contribution in [3.63, 3.8) is 0 Å². The highest BCUT2D eigenvalue weighted by molar-refractivity contribution is 5.84. The quantitative estimate of drug-likeness (QED) is 0.535. The predicted molar refractivity (Wildman–Crippen MR) is 77.3 cm³/mol. The minimum Gasteiger partial charge on any atom is -0.396 e. The second-order valence-corrected chi connectivity index (χ2v) is 5.35. The van der Waals surface area contributed by atoms with E-state index in [1.807, 2.05) is 30.3 Å². The van der Waals surface area contributed by atoms with E-state index in [1.54, 1.807) is 0 Å². The number of hydrogen-bond donors (Lipinski definition) is 3. The zero-order chi connectivity index (χ0) is 13.7. The van der Waals surface area contributed by atoms with Crippen LogP contribution in [0.15, 0.2) is 30.3 Å². The number of aliphatic hydroxyl groups is 1. The van der Waals surface area contributed by atoms with Gasteiger partial charge in [0.1, 0.15) is 0 Å². The molecule has 1 aromatic rings. The molecule has 0 bridgehead atoms. The first-order chi connectivity index (χ1) is 9.20. The lowest BCUT2D eigenvalue weighted by Crippen LogP contribution is -2.33. The van der Waals surface area contributed by atoms with E-state index in [0.717, 1.165) is 38.0 Å². The Hall–Kier alpha value is -1.39. The third kappa shape index (κ3) is 3.78. The van der Waals surface area contributed by atoms with Gasteiger partial charge in [0.05, 0.1) is 11.8 Å². The van der Waals surface area contributed by atoms with Crippen LogP contribution in [0.2, 0.25) is 0 Å². The second-order valence-electron chi connectivity index (χ2n) is 5.35. The molecule has 0 saturated carbocycles. The molecule has 1 aliphatic heterocycles. The maximum Gasteiger partial charge on any atom is 0.0995 e. The summed E-state index contributed by atoms with van der Waals surface area (Å²) in [5.74, 6) is 0.805. The first-order valence-electron chi connectivity index (χ1n) is 6.92. The monoisotopic (exact) mass is 261 g/mol. The molecule has 2 atom stereocenters. The van der Waals surface area contributed by atoms with Gasteiger partial charge in [0.15, 0.2) is 0 Å². The molecule has 1 fully saturated rings. The van der Waals surface area contributed by atoms with Crippen molar-refractivity contribution in [2.45, 2.75) is 18.8 Å². The fourth-order valence-electron chi connectivity index (χ4n) is 2.82. The zero-order valence-electron chi connectivity index (χ0n) is 11.3. The Morgan fingerprint density at radius 1 is 1.42 bits per heavy atom. The van der Waals surface area contributed by atoms with Crippen LogP contribution in [0.4, 0.5) is 0 Å². The molecule has 4 heteroatoms. The van der Waals surface area contributed by atoms with Gasteiger partial charge in [-0.15, -0.1) is 0 Å². The molecule has 104 valence electrons. The highest BCUT2D eigenvalue weighted by Gasteiger charge is 2.25. The Morgan fingerprint density at radius 3 is 2.79 bits per heavy atom. The lowest BCUT2D eigenvalue weighted by atomic mass is 9.97. The van der Waals surface area contributed by atoms with Crippen LogP contribution >= 0.6 is 0 Å². The van der Waals surface area contributed by atoms with Crippen molar-refractivity contribution in [1.29, 1.82) is 5.41 Å². The van der Waals surface area contributed by atoms with Gasteiger partial charge in [0, 0.05) is 19.7 Å². The summed E-state index contributed by atoms with van der Waals surface area (Å²) in [5, 5.41) is 16.8. The number of likely N-dealkylation sites (tertiary alicyclic amines) is 1. The number of benzene rings is 1. The van der Waals surface area contributed by atoms with Crippen LogP contribution in [-0.2, 0) is 0 Å². The lowest BCUT2D eigenvalue weighted by Gasteiger charge is -2.23. The molecule has 0 spiro atoms. The van der Waals surface area contributed by atoms with Gasteiger partial charge in [-0.3, -0.25) is 5.41 Å². The molecule has 1 saturated heterocycles. The maximum atomic E-state index is 8.99. The Kier molecular flexibility index (Phi) is 4.93. The number of aliphatic hydroxyl groups excluding tert-OH is 1. The summed E-state index contributed by atoms with van der Waals surface area (Å²) in [6.07, 6.45) is 2.02. The largest absolute Gasteiger partial charge is 0.396 e. The summed E-state index contributed by atoms with van der Waals surface area (Å²) in [4.78, 5) is 2.36. The average Bonchev–Trinajstić information content (AvgIpc) is 2.85. The first-order valence-corrected chi connectivity index (χ1v) is 6.92. The van der Waals surface area contributed by atoms with Crippen molar-refractivity contribution in [2.24, 2.45) is 11.7 Å². The molecule has 1 aromatic carbocycles. The highest BCUT2D eigenvalue weighted by Crippen LogP contribution is 2.23. The van der Waals surface area contributed by atoms with Crippen molar-refractivity contribution < 1.29 is 5.11 Å². The number of nitrogens with one attached hydrogen (secondary N) is 1. The van der Waals surface area contributed by atoms with E-state index in [4.69, 9.17) is 16.2 Å². The van der Waals surface area contributed by atoms with Crippen LogP contribution < -0.4 is 5.73 Å². The highest BCUT2D eigenvalue weighted by atomic mass is 16.3. The molecular weight excluding hydrogens is 238 g/mol. The van der Waals surface area contributed by atoms with Crippen molar-refractivity contribution in [1.82, 2.24) is 4.90 Å². The molecular formula is C15H23N3O. The summed E-state index contributed by atoms with van der Waals surface area (Å²) < 4.78 is 0. The number of nitrogens with two attached hydrogens (primary N) is 1. The molecule has 4 nitrogen and oxygen atoms in total. The molecule has 4 N–H and O–H groups in total. The normalized spacial score (nSPS) is 21.4. The number of amidine groups is 1. The zero-order valence-corrected chi connectivity index (χ0v) is 11.3. The third-order valence-corrected chi connectivity index (χ3v) is 3.93. The summed E-state index contributed by atoms with van der Waals surface area (Å²) in [7, 11) is 0. The van der Waals surface area contributed by atoms with E-state index in [-0.39, 0.29) is 18.4 Å². The van der Waals surface area contributed by atoms with Crippen LogP contribution in [0.1, 0.15) is 24.3 Å². The molecule has 1 aliphatic rings. The van der Waals surface area contributed by atoms with Gasteiger partial charge >= 0.3 is 0 Å². The van der Waals surface area contributed by atoms with Gasteiger partial charge < -0.3 is 15.7 Å². The van der Waals surface area contributed by atoms with Crippen molar-refractivity contribution in [2.75, 3.05) is 26.2 Å². The van der Waals surface area contributed by atoms with E-state index >= 15 is 0 Å². The van der Waals surface area contributed by atoms with Crippen LogP contribution in [0.25, 0.3) is 0 Å². The Morgan fingerprint density at radius 2 is 2.16 bits per heavy atom. The van der Waals surface area contributed by atoms with Crippen molar-refractivity contribution >= 4 is 5.84 Å². The maximum absolute atomic E-state index is 8.99. The summed E-state index contributed by atoms with van der Waals surface area (Å²) >= 11 is 0. The molecule has 2 unspecified atom stereocenters. The number of rotatable bonds is 6. The molecule has 2 rings (SSSR count). The molecule has 0 amide bonds. The van der Waals surface area contributed by atoms with Gasteiger partial charge in [-0.05, 0) is 30.9 Å². The second kappa shape index (κ2) is 6.68. The summed E-state index contributed by atoms with van der Waals surface area (Å²) in [6.45, 7) is 3.13. The van der Waals surface area contributed by atoms with E-state index in [2.05, 4.69) is 4.90 Å². The fraction of sp³-hybridized carbons (Fsp3) is 0.533. The van der Waals surface area contributed by atoms with E-state index < -0.39 is 0 Å². The minimum absolute atomic E-state index is 0.0194. The summed E-state index contributed by atoms with van der Waals surface area (Å²) in [5.41, 5.74) is 6.87. The first kappa shape index (κ1) is 14.0. The number of hydrogen-bond acceptors (Lipinski definition) is 3. The average molecular weight is 261 g/mol. The topological polar surface area (TPSA) is 73.3 Å². The van der Waals surface area contributed by atoms with Gasteiger partial charge in [0.2, 0.25) is 0 Å². The molecule has 0 aliphatic carbocycles. The molecule has 1 heterocycles. The van der Waals surface area contributed by atoms with Crippen LogP contribution in [0.3, 0.4) is 0 Å². The Bertz CT molecular complexity index is 407. The summed E-state index contributed by atoms with van der Waals surface area (Å²) in [6, 6.07) is 10.0. The van der Waals surface area contributed by atoms with Crippen molar-refractivity contribution in [3.05, 3.63) is 35.9 Å². The number of nitrogens with zero attached hydrogens (tertiary/aromatic N) is 1. The van der Waals surface area contributed by atoms with Crippen LogP contribution in [0, 0.1) is 11.3 Å². The van der Waals surface area contributed by atoms with E-state index in [0.29, 0.717) is 5.92 Å². The van der Waals surface area contributed by atoms with E-state index in [9.17, 15) is 0 Å². The predicted octanol–water partition coefficient (Wildman–Crippen LogP) is 1.41. The van der Waals surface area contributed by atoms with Crippen molar-refractivity contribution in [3.8, 4) is 0 Å². The Balaban J connectivity index is 1.97. The van der Waals surface area contributed by atoms with Crippen LogP contribution in [0.5, 0.6) is 0 Å². The standard InChI is InChI=1S/C15H23N3O/c16-15(17)14(13-4-2-1-3-5-13)11-18-8-6-12(10-18)7-9-19/h1-5,12,14,19H,6-11H2,(H3,16,17). The fourth-order valence-corrected chi connectivity index (χ4v) is 2.82. The molecule has 0 aromatic heterocycles. The smallest absolute Gasteiger partial charge is 0.0995 e. The lowest BCUT2D eigenvalue weighted by molar-refractivity contribution is 0.250. The minimum atomic E-state index is -0.0194.